The second-order valence-electron chi connectivity index (χ2n) is 4.19. The molecule has 1 aromatic carbocycles. The average Bonchev–Trinajstić information content (AvgIpc) is 2.37. The molecule has 1 atom stereocenters. The van der Waals surface area contributed by atoms with E-state index in [9.17, 15) is 0 Å². The Morgan fingerprint density at radius 2 is 2.11 bits per heavy atom. The predicted octanol–water partition coefficient (Wildman–Crippen LogP) is 2.85. The highest BCUT2D eigenvalue weighted by atomic mass is 79.9. The monoisotopic (exact) mass is 334 g/mol. The Morgan fingerprint density at radius 1 is 1.33 bits per heavy atom. The van der Waals surface area contributed by atoms with Gasteiger partial charge in [0.15, 0.2) is 0 Å². The topological polar surface area (TPSA) is 58.3 Å². The maximum absolute atomic E-state index is 8.70. The van der Waals surface area contributed by atoms with Gasteiger partial charge in [-0.05, 0) is 49.6 Å². The van der Waals surface area contributed by atoms with Gasteiger partial charge in [-0.3, -0.25) is 0 Å². The Balaban J connectivity index is 2.52. The highest BCUT2D eigenvalue weighted by Crippen LogP contribution is 2.26. The number of aliphatic hydroxyl groups is 1. The predicted molar refractivity (Wildman–Crippen MR) is 79.9 cm³/mol. The first-order chi connectivity index (χ1) is 8.69. The Hall–Kier alpha value is -0.130. The van der Waals surface area contributed by atoms with Crippen LogP contribution in [0.5, 0.6) is 0 Å². The van der Waals surface area contributed by atoms with Gasteiger partial charge in [-0.2, -0.15) is 0 Å². The maximum atomic E-state index is 8.70. The molecule has 0 saturated carbocycles. The molecule has 0 radical (unpaired) electrons. The van der Waals surface area contributed by atoms with Crippen LogP contribution in [-0.2, 0) is 0 Å². The van der Waals surface area contributed by atoms with Crippen LogP contribution in [0.3, 0.4) is 0 Å². The lowest BCUT2D eigenvalue weighted by Crippen LogP contribution is -2.29. The lowest BCUT2D eigenvalue weighted by atomic mass is 10.1. The summed E-state index contributed by atoms with van der Waals surface area (Å²) < 4.78 is 1.00. The number of unbranched alkanes of at least 4 members (excludes halogenated alkanes) is 2. The van der Waals surface area contributed by atoms with Gasteiger partial charge in [0, 0.05) is 28.7 Å². The van der Waals surface area contributed by atoms with Crippen LogP contribution in [-0.4, -0.2) is 24.8 Å². The third-order valence-corrected chi connectivity index (χ3v) is 3.63. The Morgan fingerprint density at radius 3 is 2.78 bits per heavy atom. The van der Waals surface area contributed by atoms with Crippen molar-refractivity contribution in [2.75, 3.05) is 19.7 Å². The second-order valence-corrected chi connectivity index (χ2v) is 5.52. The number of halogens is 2. The number of nitrogens with one attached hydrogen (secondary N) is 1. The van der Waals surface area contributed by atoms with Gasteiger partial charge in [-0.25, -0.2) is 0 Å². The Kier molecular flexibility index (Phi) is 7.86. The quantitative estimate of drug-likeness (QED) is 0.640. The van der Waals surface area contributed by atoms with E-state index in [0.717, 1.165) is 40.9 Å². The van der Waals surface area contributed by atoms with Crippen LogP contribution in [0.1, 0.15) is 30.9 Å². The van der Waals surface area contributed by atoms with Gasteiger partial charge >= 0.3 is 0 Å². The lowest BCUT2D eigenvalue weighted by molar-refractivity contribution is 0.282. The van der Waals surface area contributed by atoms with E-state index in [4.69, 9.17) is 22.4 Å². The van der Waals surface area contributed by atoms with Gasteiger partial charge in [-0.1, -0.05) is 27.5 Å². The second kappa shape index (κ2) is 8.88. The van der Waals surface area contributed by atoms with Crippen LogP contribution >= 0.6 is 27.5 Å². The van der Waals surface area contributed by atoms with E-state index in [0.29, 0.717) is 6.54 Å². The third-order valence-electron chi connectivity index (χ3n) is 2.79. The van der Waals surface area contributed by atoms with E-state index in [2.05, 4.69) is 21.2 Å². The molecule has 3 nitrogen and oxygen atoms in total. The summed E-state index contributed by atoms with van der Waals surface area (Å²) in [6.45, 7) is 1.65. The molecule has 102 valence electrons. The molecule has 18 heavy (non-hydrogen) atoms. The average molecular weight is 336 g/mol. The molecule has 1 unspecified atom stereocenters. The van der Waals surface area contributed by atoms with Gasteiger partial charge in [-0.15, -0.1) is 0 Å². The van der Waals surface area contributed by atoms with Crippen molar-refractivity contribution in [3.63, 3.8) is 0 Å². The Bertz CT molecular complexity index is 363. The zero-order valence-electron chi connectivity index (χ0n) is 10.3. The minimum atomic E-state index is 0.0733. The van der Waals surface area contributed by atoms with Crippen molar-refractivity contribution in [3.8, 4) is 0 Å². The summed E-state index contributed by atoms with van der Waals surface area (Å²) in [6.07, 6.45) is 2.91. The number of hydrogen-bond donors (Lipinski definition) is 3. The SMILES string of the molecule is NCC(NCCCCCO)c1cc(Br)ccc1Cl. The van der Waals surface area contributed by atoms with Crippen LogP contribution in [0, 0.1) is 0 Å². The van der Waals surface area contributed by atoms with Crippen LogP contribution in [0.25, 0.3) is 0 Å². The standard InChI is InChI=1S/C13H20BrClN2O/c14-10-4-5-12(15)11(8-10)13(9-16)17-6-2-1-3-7-18/h4-5,8,13,17-18H,1-3,6-7,9,16H2. The fraction of sp³-hybridized carbons (Fsp3) is 0.538. The molecule has 0 aromatic heterocycles. The van der Waals surface area contributed by atoms with Crippen molar-refractivity contribution in [1.82, 2.24) is 5.32 Å². The van der Waals surface area contributed by atoms with Crippen molar-refractivity contribution in [1.29, 1.82) is 0 Å². The minimum absolute atomic E-state index is 0.0733. The highest BCUT2D eigenvalue weighted by Gasteiger charge is 2.12. The molecule has 0 aliphatic carbocycles. The molecule has 0 bridgehead atoms. The zero-order valence-corrected chi connectivity index (χ0v) is 12.7. The summed E-state index contributed by atoms with van der Waals surface area (Å²) in [6, 6.07) is 5.86. The number of nitrogens with two attached hydrogens (primary N) is 1. The smallest absolute Gasteiger partial charge is 0.0459 e. The maximum Gasteiger partial charge on any atom is 0.0459 e. The fourth-order valence-corrected chi connectivity index (χ4v) is 2.42. The van der Waals surface area contributed by atoms with Crippen LogP contribution in [0.2, 0.25) is 5.02 Å². The van der Waals surface area contributed by atoms with E-state index in [-0.39, 0.29) is 12.6 Å². The summed E-state index contributed by atoms with van der Waals surface area (Å²) in [5.74, 6) is 0. The first-order valence-corrected chi connectivity index (χ1v) is 7.35. The van der Waals surface area contributed by atoms with Crippen molar-refractivity contribution in [2.24, 2.45) is 5.73 Å². The van der Waals surface area contributed by atoms with E-state index < -0.39 is 0 Å². The molecule has 0 heterocycles. The normalized spacial score (nSPS) is 12.7. The molecule has 1 aromatic rings. The molecule has 4 N–H and O–H groups in total. The van der Waals surface area contributed by atoms with Gasteiger partial charge < -0.3 is 16.2 Å². The number of benzene rings is 1. The number of rotatable bonds is 8. The molecular weight excluding hydrogens is 316 g/mol. The lowest BCUT2D eigenvalue weighted by Gasteiger charge is -2.19. The Labute approximate surface area is 122 Å². The first-order valence-electron chi connectivity index (χ1n) is 6.18. The van der Waals surface area contributed by atoms with E-state index in [1.807, 2.05) is 18.2 Å². The summed E-state index contributed by atoms with van der Waals surface area (Å²) in [5, 5.41) is 12.8. The van der Waals surface area contributed by atoms with Gasteiger partial charge in [0.2, 0.25) is 0 Å². The molecule has 0 amide bonds. The van der Waals surface area contributed by atoms with Gasteiger partial charge in [0.05, 0.1) is 0 Å². The molecule has 0 aliphatic rings. The fourth-order valence-electron chi connectivity index (χ4n) is 1.79. The zero-order chi connectivity index (χ0) is 13.4. The molecule has 0 spiro atoms. The van der Waals surface area contributed by atoms with Crippen molar-refractivity contribution in [2.45, 2.75) is 25.3 Å². The first kappa shape index (κ1) is 15.9. The molecular formula is C13H20BrClN2O. The summed E-state index contributed by atoms with van der Waals surface area (Å²) in [4.78, 5) is 0. The van der Waals surface area contributed by atoms with Crippen molar-refractivity contribution >= 4 is 27.5 Å². The molecule has 1 rings (SSSR count). The van der Waals surface area contributed by atoms with E-state index in [1.165, 1.54) is 0 Å². The molecule has 0 aliphatic heterocycles. The number of hydrogen-bond acceptors (Lipinski definition) is 3. The summed E-state index contributed by atoms with van der Waals surface area (Å²) in [5.41, 5.74) is 6.81. The van der Waals surface area contributed by atoms with Crippen LogP contribution in [0.15, 0.2) is 22.7 Å². The molecule has 0 fully saturated rings. The van der Waals surface area contributed by atoms with Crippen molar-refractivity contribution < 1.29 is 5.11 Å². The van der Waals surface area contributed by atoms with E-state index in [1.54, 1.807) is 0 Å². The third kappa shape index (κ3) is 5.24. The minimum Gasteiger partial charge on any atom is -0.396 e. The van der Waals surface area contributed by atoms with Gasteiger partial charge in [0.25, 0.3) is 0 Å². The van der Waals surface area contributed by atoms with Gasteiger partial charge in [0.1, 0.15) is 0 Å². The van der Waals surface area contributed by atoms with E-state index >= 15 is 0 Å². The summed E-state index contributed by atoms with van der Waals surface area (Å²) >= 11 is 9.62. The van der Waals surface area contributed by atoms with Crippen LogP contribution < -0.4 is 11.1 Å². The molecule has 0 saturated heterocycles. The highest BCUT2D eigenvalue weighted by molar-refractivity contribution is 9.10. The molecule has 5 heteroatoms. The van der Waals surface area contributed by atoms with Crippen LogP contribution in [0.4, 0.5) is 0 Å². The van der Waals surface area contributed by atoms with Crippen molar-refractivity contribution in [3.05, 3.63) is 33.3 Å². The largest absolute Gasteiger partial charge is 0.396 e. The number of aliphatic hydroxyl groups excluding tert-OH is 1. The summed E-state index contributed by atoms with van der Waals surface area (Å²) in [7, 11) is 0.